The second-order valence-electron chi connectivity index (χ2n) is 9.75. The van der Waals surface area contributed by atoms with Crippen molar-refractivity contribution in [3.05, 3.63) is 59.1 Å². The van der Waals surface area contributed by atoms with Crippen molar-refractivity contribution in [2.75, 3.05) is 11.9 Å². The van der Waals surface area contributed by atoms with Crippen molar-refractivity contribution in [1.82, 2.24) is 9.97 Å². The van der Waals surface area contributed by atoms with Gasteiger partial charge in [-0.2, -0.15) is 0 Å². The number of ether oxygens (including phenoxy) is 1. The van der Waals surface area contributed by atoms with Crippen LogP contribution in [0.25, 0.3) is 16.3 Å². The van der Waals surface area contributed by atoms with Crippen molar-refractivity contribution in [3.8, 4) is 0 Å². The van der Waals surface area contributed by atoms with Crippen LogP contribution in [-0.4, -0.2) is 34.5 Å². The molecule has 0 saturated heterocycles. The number of ketones is 1. The van der Waals surface area contributed by atoms with E-state index in [2.05, 4.69) is 16.9 Å². The van der Waals surface area contributed by atoms with Crippen LogP contribution in [0.2, 0.25) is 0 Å². The van der Waals surface area contributed by atoms with E-state index in [4.69, 9.17) is 4.74 Å². The highest BCUT2D eigenvalue weighted by Crippen LogP contribution is 2.28. The molecule has 2 heterocycles. The second kappa shape index (κ2) is 11.9. The molecule has 2 aromatic rings. The van der Waals surface area contributed by atoms with Crippen LogP contribution in [0.15, 0.2) is 53.4 Å². The number of carbonyl (C=O) groups is 2. The van der Waals surface area contributed by atoms with Gasteiger partial charge in [0, 0.05) is 42.2 Å². The lowest BCUT2D eigenvalue weighted by Gasteiger charge is -2.24. The van der Waals surface area contributed by atoms with Gasteiger partial charge in [0.15, 0.2) is 5.78 Å². The Labute approximate surface area is 209 Å². The molecule has 35 heavy (non-hydrogen) atoms. The van der Waals surface area contributed by atoms with E-state index in [0.29, 0.717) is 12.2 Å². The molecule has 0 saturated carbocycles. The van der Waals surface area contributed by atoms with Gasteiger partial charge >= 0.3 is 6.09 Å². The molecule has 0 aliphatic carbocycles. The lowest BCUT2D eigenvalue weighted by atomic mass is 9.94. The minimum Gasteiger partial charge on any atom is -0.443 e. The number of amides is 1. The van der Waals surface area contributed by atoms with Gasteiger partial charge < -0.3 is 4.74 Å². The van der Waals surface area contributed by atoms with Crippen LogP contribution in [0.3, 0.4) is 0 Å². The lowest BCUT2D eigenvalue weighted by molar-refractivity contribution is -0.115. The summed E-state index contributed by atoms with van der Waals surface area (Å²) in [5.41, 5.74) is 4.06. The molecular weight excluding hydrogens is 438 g/mol. The third-order valence-electron chi connectivity index (χ3n) is 5.72. The molecule has 0 spiro atoms. The fourth-order valence-corrected chi connectivity index (χ4v) is 3.65. The van der Waals surface area contributed by atoms with Crippen LogP contribution in [0.4, 0.5) is 10.6 Å². The fourth-order valence-electron chi connectivity index (χ4n) is 3.65. The van der Waals surface area contributed by atoms with Crippen molar-refractivity contribution < 1.29 is 14.3 Å². The Kier molecular flexibility index (Phi) is 9.52. The number of carbonyl (C=O) groups excluding carboxylic acids is 2. The monoisotopic (exact) mass is 477 g/mol. The smallest absolute Gasteiger partial charge is 0.415 e. The lowest BCUT2D eigenvalue weighted by Crippen LogP contribution is -2.34. The SMILES string of the molecule is C\C=C(/C(C)=C\C(C(=O)CCC)=C(/C)CC)c1cc2cnc(N(C)C(=O)OC(C)(C)C)cc2cn1. The topological polar surface area (TPSA) is 72.4 Å². The zero-order valence-corrected chi connectivity index (χ0v) is 22.7. The molecule has 0 aliphatic rings. The van der Waals surface area contributed by atoms with E-state index in [-0.39, 0.29) is 5.78 Å². The van der Waals surface area contributed by atoms with Crippen molar-refractivity contribution >= 4 is 34.0 Å². The summed E-state index contributed by atoms with van der Waals surface area (Å²) in [6.07, 6.45) is 9.27. The van der Waals surface area contributed by atoms with E-state index < -0.39 is 11.7 Å². The maximum Gasteiger partial charge on any atom is 0.415 e. The first-order chi connectivity index (χ1) is 16.4. The first-order valence-corrected chi connectivity index (χ1v) is 12.2. The number of hydrogen-bond acceptors (Lipinski definition) is 5. The molecule has 188 valence electrons. The van der Waals surface area contributed by atoms with Gasteiger partial charge in [0.25, 0.3) is 0 Å². The van der Waals surface area contributed by atoms with Crippen LogP contribution >= 0.6 is 0 Å². The van der Waals surface area contributed by atoms with E-state index >= 15 is 0 Å². The molecule has 6 nitrogen and oxygen atoms in total. The van der Waals surface area contributed by atoms with Crippen molar-refractivity contribution in [2.24, 2.45) is 0 Å². The van der Waals surface area contributed by atoms with Gasteiger partial charge in [0.05, 0.1) is 5.69 Å². The molecule has 2 aromatic heterocycles. The maximum absolute atomic E-state index is 12.7. The number of fused-ring (bicyclic) bond motifs is 1. The Morgan fingerprint density at radius 2 is 1.69 bits per heavy atom. The summed E-state index contributed by atoms with van der Waals surface area (Å²) in [6, 6.07) is 3.80. The Bertz CT molecular complexity index is 1180. The normalized spacial score (nSPS) is 13.5. The van der Waals surface area contributed by atoms with Crippen molar-refractivity contribution in [1.29, 1.82) is 0 Å². The number of Topliss-reactive ketones (excluding diaryl/α,β-unsaturated/α-hetero) is 1. The Hall–Kier alpha value is -3.28. The maximum atomic E-state index is 12.7. The quantitative estimate of drug-likeness (QED) is 0.292. The molecule has 0 N–H and O–H groups in total. The van der Waals surface area contributed by atoms with Crippen molar-refractivity contribution in [3.63, 3.8) is 0 Å². The molecule has 0 aromatic carbocycles. The predicted octanol–water partition coefficient (Wildman–Crippen LogP) is 7.45. The third-order valence-corrected chi connectivity index (χ3v) is 5.72. The fraction of sp³-hybridized carbons (Fsp3) is 0.448. The highest BCUT2D eigenvalue weighted by Gasteiger charge is 2.21. The van der Waals surface area contributed by atoms with Gasteiger partial charge in [0.1, 0.15) is 11.4 Å². The second-order valence-corrected chi connectivity index (χ2v) is 9.75. The van der Waals surface area contributed by atoms with Gasteiger partial charge in [-0.05, 0) is 83.7 Å². The first kappa shape index (κ1) is 28.0. The summed E-state index contributed by atoms with van der Waals surface area (Å²) < 4.78 is 5.44. The van der Waals surface area contributed by atoms with Gasteiger partial charge in [0.2, 0.25) is 0 Å². The molecule has 0 fully saturated rings. The van der Waals surface area contributed by atoms with Crippen LogP contribution in [0, 0.1) is 0 Å². The minimum atomic E-state index is -0.585. The van der Waals surface area contributed by atoms with E-state index in [1.54, 1.807) is 19.4 Å². The molecule has 0 unspecified atom stereocenters. The number of aromatic nitrogens is 2. The van der Waals surface area contributed by atoms with Crippen LogP contribution in [0.5, 0.6) is 0 Å². The first-order valence-electron chi connectivity index (χ1n) is 12.2. The average molecular weight is 478 g/mol. The van der Waals surface area contributed by atoms with Crippen LogP contribution in [0.1, 0.15) is 80.3 Å². The van der Waals surface area contributed by atoms with E-state index in [9.17, 15) is 9.59 Å². The summed E-state index contributed by atoms with van der Waals surface area (Å²) in [7, 11) is 1.64. The summed E-state index contributed by atoms with van der Waals surface area (Å²) in [5, 5.41) is 1.78. The Morgan fingerprint density at radius 3 is 2.26 bits per heavy atom. The van der Waals surface area contributed by atoms with E-state index in [1.165, 1.54) is 4.90 Å². The molecule has 6 heteroatoms. The molecule has 0 bridgehead atoms. The molecular formula is C29H39N3O3. The molecule has 0 radical (unpaired) electrons. The summed E-state index contributed by atoms with van der Waals surface area (Å²) in [4.78, 5) is 35.7. The number of nitrogens with zero attached hydrogens (tertiary/aromatic N) is 3. The number of anilines is 1. The highest BCUT2D eigenvalue weighted by atomic mass is 16.6. The van der Waals surface area contributed by atoms with Gasteiger partial charge in [-0.25, -0.2) is 9.78 Å². The number of pyridine rings is 2. The largest absolute Gasteiger partial charge is 0.443 e. The van der Waals surface area contributed by atoms with Gasteiger partial charge in [-0.3, -0.25) is 14.7 Å². The summed E-state index contributed by atoms with van der Waals surface area (Å²) in [6.45, 7) is 15.6. The van der Waals surface area contributed by atoms with Gasteiger partial charge in [-0.15, -0.1) is 0 Å². The predicted molar refractivity (Wildman–Crippen MR) is 144 cm³/mol. The average Bonchev–Trinajstić information content (AvgIpc) is 2.80. The summed E-state index contributed by atoms with van der Waals surface area (Å²) in [5.74, 6) is 0.668. The molecule has 0 aliphatic heterocycles. The molecule has 1 amide bonds. The number of allylic oxidation sites excluding steroid dienone is 6. The minimum absolute atomic E-state index is 0.180. The Balaban J connectivity index is 2.41. The third kappa shape index (κ3) is 7.35. The molecule has 0 atom stereocenters. The van der Waals surface area contributed by atoms with E-state index in [1.807, 2.05) is 72.8 Å². The van der Waals surface area contributed by atoms with Gasteiger partial charge in [-0.1, -0.05) is 25.5 Å². The number of rotatable bonds is 8. The highest BCUT2D eigenvalue weighted by molar-refractivity contribution is 6.00. The van der Waals surface area contributed by atoms with Crippen molar-refractivity contribution in [2.45, 2.75) is 80.3 Å². The Morgan fingerprint density at radius 1 is 1.06 bits per heavy atom. The molecule has 2 rings (SSSR count). The standard InChI is InChI=1S/C29H39N3O3/c1-10-13-26(33)24(19(4)11-2)14-20(5)23(12-3)25-15-21-18-31-27(16-22(21)17-30-25)32(9)28(34)35-29(6,7)8/h12,14-18H,10-11,13H2,1-9H3/b20-14-,23-12+,24-19-. The number of hydrogen-bond donors (Lipinski definition) is 0. The van der Waals surface area contributed by atoms with Crippen LogP contribution in [-0.2, 0) is 9.53 Å². The summed E-state index contributed by atoms with van der Waals surface area (Å²) >= 11 is 0. The zero-order valence-electron chi connectivity index (χ0n) is 22.7. The zero-order chi connectivity index (χ0) is 26.3. The van der Waals surface area contributed by atoms with Crippen LogP contribution < -0.4 is 4.90 Å². The van der Waals surface area contributed by atoms with E-state index in [0.717, 1.165) is 51.6 Å².